The number of nitrogens with one attached hydrogen (secondary N) is 2. The van der Waals surface area contributed by atoms with Gasteiger partial charge in [0.05, 0.1) is 17.0 Å². The van der Waals surface area contributed by atoms with Gasteiger partial charge in [0.15, 0.2) is 0 Å². The van der Waals surface area contributed by atoms with Gasteiger partial charge in [-0.25, -0.2) is 4.39 Å². The predicted octanol–water partition coefficient (Wildman–Crippen LogP) is 4.88. The topological polar surface area (TPSA) is 58.2 Å². The Labute approximate surface area is 167 Å². The summed E-state index contributed by atoms with van der Waals surface area (Å²) in [7, 11) is 0. The van der Waals surface area contributed by atoms with Gasteiger partial charge < -0.3 is 10.6 Å². The first-order chi connectivity index (χ1) is 12.9. The summed E-state index contributed by atoms with van der Waals surface area (Å²) in [6.07, 6.45) is 0.815. The Morgan fingerprint density at radius 2 is 1.93 bits per heavy atom. The SMILES string of the molecule is CC[C@@H](C)NC(=O)c1ccccc1NC(=O)CSCc1c(F)cccc1Cl. The zero-order valence-electron chi connectivity index (χ0n) is 15.2. The number of hydrogen-bond acceptors (Lipinski definition) is 3. The van der Waals surface area contributed by atoms with Gasteiger partial charge in [0.1, 0.15) is 5.82 Å². The Morgan fingerprint density at radius 3 is 2.63 bits per heavy atom. The van der Waals surface area contributed by atoms with Crippen LogP contribution in [0.1, 0.15) is 36.2 Å². The summed E-state index contributed by atoms with van der Waals surface area (Å²) in [6.45, 7) is 3.90. The molecular weight excluding hydrogens is 387 g/mol. The minimum Gasteiger partial charge on any atom is -0.350 e. The second-order valence-electron chi connectivity index (χ2n) is 6.07. The van der Waals surface area contributed by atoms with Crippen LogP contribution in [0.5, 0.6) is 0 Å². The molecule has 0 aliphatic rings. The predicted molar refractivity (Wildman–Crippen MR) is 110 cm³/mol. The lowest BCUT2D eigenvalue weighted by atomic mass is 10.1. The van der Waals surface area contributed by atoms with Crippen molar-refractivity contribution in [3.63, 3.8) is 0 Å². The molecule has 144 valence electrons. The quantitative estimate of drug-likeness (QED) is 0.654. The summed E-state index contributed by atoms with van der Waals surface area (Å²) in [5.41, 5.74) is 1.24. The van der Waals surface area contributed by atoms with Crippen molar-refractivity contribution in [3.05, 3.63) is 64.4 Å². The first-order valence-corrected chi connectivity index (χ1v) is 10.2. The summed E-state index contributed by atoms with van der Waals surface area (Å²) in [4.78, 5) is 24.6. The molecule has 4 nitrogen and oxygen atoms in total. The molecular formula is C20H22ClFN2O2S. The van der Waals surface area contributed by atoms with E-state index in [9.17, 15) is 14.0 Å². The third-order valence-electron chi connectivity index (χ3n) is 3.98. The Morgan fingerprint density at radius 1 is 1.19 bits per heavy atom. The van der Waals surface area contributed by atoms with Gasteiger partial charge in [-0.1, -0.05) is 36.7 Å². The second-order valence-corrected chi connectivity index (χ2v) is 7.46. The average molecular weight is 409 g/mol. The standard InChI is InChI=1S/C20H22ClFN2O2S/c1-3-13(2)23-20(26)14-7-4-5-10-18(14)24-19(25)12-27-11-15-16(21)8-6-9-17(15)22/h4-10,13H,3,11-12H2,1-2H3,(H,23,26)(H,24,25)/t13-/m1/s1. The van der Waals surface area contributed by atoms with Crippen molar-refractivity contribution in [2.24, 2.45) is 0 Å². The molecule has 7 heteroatoms. The first-order valence-electron chi connectivity index (χ1n) is 8.62. The molecule has 0 saturated carbocycles. The molecule has 0 aliphatic carbocycles. The molecule has 0 heterocycles. The van der Waals surface area contributed by atoms with Crippen LogP contribution in [0.3, 0.4) is 0 Å². The van der Waals surface area contributed by atoms with Gasteiger partial charge in [-0.15, -0.1) is 11.8 Å². The van der Waals surface area contributed by atoms with E-state index < -0.39 is 0 Å². The van der Waals surface area contributed by atoms with Crippen molar-refractivity contribution in [1.82, 2.24) is 5.32 Å². The van der Waals surface area contributed by atoms with Crippen LogP contribution in [0.4, 0.5) is 10.1 Å². The largest absolute Gasteiger partial charge is 0.350 e. The Hall–Kier alpha value is -2.05. The summed E-state index contributed by atoms with van der Waals surface area (Å²) in [6, 6.07) is 11.4. The number of para-hydroxylation sites is 1. The summed E-state index contributed by atoms with van der Waals surface area (Å²) in [5.74, 6) is -0.481. The number of benzene rings is 2. The van der Waals surface area contributed by atoms with Gasteiger partial charge in [0, 0.05) is 22.4 Å². The first kappa shape index (κ1) is 21.3. The fraction of sp³-hybridized carbons (Fsp3) is 0.300. The molecule has 2 N–H and O–H groups in total. The minimum absolute atomic E-state index is 0.0438. The fourth-order valence-corrected chi connectivity index (χ4v) is 3.46. The number of carbonyl (C=O) groups is 2. The molecule has 0 aromatic heterocycles. The fourth-order valence-electron chi connectivity index (χ4n) is 2.30. The maximum absolute atomic E-state index is 13.8. The van der Waals surface area contributed by atoms with Crippen LogP contribution < -0.4 is 10.6 Å². The number of hydrogen-bond donors (Lipinski definition) is 2. The molecule has 0 aliphatic heterocycles. The van der Waals surface area contributed by atoms with Crippen LogP contribution in [0.15, 0.2) is 42.5 Å². The monoisotopic (exact) mass is 408 g/mol. The third kappa shape index (κ3) is 6.26. The van der Waals surface area contributed by atoms with Crippen molar-refractivity contribution >= 4 is 40.9 Å². The maximum Gasteiger partial charge on any atom is 0.253 e. The van der Waals surface area contributed by atoms with Crippen LogP contribution in [0.25, 0.3) is 0 Å². The molecule has 0 unspecified atom stereocenters. The van der Waals surface area contributed by atoms with E-state index in [1.165, 1.54) is 17.8 Å². The van der Waals surface area contributed by atoms with Crippen molar-refractivity contribution in [2.45, 2.75) is 32.1 Å². The second kappa shape index (κ2) is 10.3. The van der Waals surface area contributed by atoms with Crippen molar-refractivity contribution < 1.29 is 14.0 Å². The number of halogens is 2. The molecule has 0 bridgehead atoms. The molecule has 2 aromatic rings. The maximum atomic E-state index is 13.8. The highest BCUT2D eigenvalue weighted by molar-refractivity contribution is 7.99. The van der Waals surface area contributed by atoms with E-state index in [0.29, 0.717) is 21.8 Å². The van der Waals surface area contributed by atoms with Crippen molar-refractivity contribution in [3.8, 4) is 0 Å². The van der Waals surface area contributed by atoms with E-state index in [-0.39, 0.29) is 35.2 Å². The summed E-state index contributed by atoms with van der Waals surface area (Å²) >= 11 is 7.24. The van der Waals surface area contributed by atoms with Crippen LogP contribution in [0, 0.1) is 5.82 Å². The number of carbonyl (C=O) groups excluding carboxylic acids is 2. The molecule has 2 rings (SSSR count). The molecule has 0 saturated heterocycles. The minimum atomic E-state index is -0.387. The molecule has 0 spiro atoms. The van der Waals surface area contributed by atoms with Crippen molar-refractivity contribution in [1.29, 1.82) is 0 Å². The van der Waals surface area contributed by atoms with Gasteiger partial charge >= 0.3 is 0 Å². The van der Waals surface area contributed by atoms with Gasteiger partial charge in [-0.05, 0) is 37.6 Å². The van der Waals surface area contributed by atoms with Crippen LogP contribution in [-0.2, 0) is 10.5 Å². The van der Waals surface area contributed by atoms with Gasteiger partial charge in [0.2, 0.25) is 5.91 Å². The van der Waals surface area contributed by atoms with Gasteiger partial charge in [-0.2, -0.15) is 0 Å². The van der Waals surface area contributed by atoms with E-state index in [1.807, 2.05) is 13.8 Å². The molecule has 27 heavy (non-hydrogen) atoms. The number of amides is 2. The molecule has 2 aromatic carbocycles. The lowest BCUT2D eigenvalue weighted by molar-refractivity contribution is -0.113. The zero-order chi connectivity index (χ0) is 19.8. The molecule has 2 amide bonds. The van der Waals surface area contributed by atoms with Crippen LogP contribution >= 0.6 is 23.4 Å². The number of thioether (sulfide) groups is 1. The van der Waals surface area contributed by atoms with Crippen LogP contribution in [-0.4, -0.2) is 23.6 Å². The molecule has 0 fully saturated rings. The van der Waals surface area contributed by atoms with E-state index in [1.54, 1.807) is 36.4 Å². The zero-order valence-corrected chi connectivity index (χ0v) is 16.8. The smallest absolute Gasteiger partial charge is 0.253 e. The van der Waals surface area contributed by atoms with Gasteiger partial charge in [-0.3, -0.25) is 9.59 Å². The number of anilines is 1. The Balaban J connectivity index is 1.95. The highest BCUT2D eigenvalue weighted by Crippen LogP contribution is 2.24. The van der Waals surface area contributed by atoms with E-state index in [0.717, 1.165) is 6.42 Å². The van der Waals surface area contributed by atoms with Crippen molar-refractivity contribution in [2.75, 3.05) is 11.1 Å². The van der Waals surface area contributed by atoms with Gasteiger partial charge in [0.25, 0.3) is 5.91 Å². The van der Waals surface area contributed by atoms with E-state index >= 15 is 0 Å². The number of rotatable bonds is 8. The molecule has 1 atom stereocenters. The summed E-state index contributed by atoms with van der Waals surface area (Å²) < 4.78 is 13.8. The lowest BCUT2D eigenvalue weighted by Crippen LogP contribution is -2.32. The highest BCUT2D eigenvalue weighted by Gasteiger charge is 2.15. The summed E-state index contributed by atoms with van der Waals surface area (Å²) in [5, 5.41) is 5.98. The van der Waals surface area contributed by atoms with E-state index in [2.05, 4.69) is 10.6 Å². The Kier molecular flexibility index (Phi) is 8.13. The highest BCUT2D eigenvalue weighted by atomic mass is 35.5. The van der Waals surface area contributed by atoms with E-state index in [4.69, 9.17) is 11.6 Å². The lowest BCUT2D eigenvalue weighted by Gasteiger charge is -2.14. The normalized spacial score (nSPS) is 11.7. The van der Waals surface area contributed by atoms with Crippen LogP contribution in [0.2, 0.25) is 5.02 Å². The Bertz CT molecular complexity index is 796. The average Bonchev–Trinajstić information content (AvgIpc) is 2.64. The third-order valence-corrected chi connectivity index (χ3v) is 5.29. The molecule has 0 radical (unpaired) electrons.